The Morgan fingerprint density at radius 2 is 2.00 bits per heavy atom. The molecular weight excluding hydrogens is 298 g/mol. The molecule has 1 fully saturated rings. The van der Waals surface area contributed by atoms with Crippen LogP contribution in [0, 0.1) is 6.92 Å². The zero-order valence-electron chi connectivity index (χ0n) is 13.2. The summed E-state index contributed by atoms with van der Waals surface area (Å²) in [6.45, 7) is 3.49. The van der Waals surface area contributed by atoms with E-state index in [1.54, 1.807) is 25.6 Å². The van der Waals surface area contributed by atoms with Crippen LogP contribution in [0.4, 0.5) is 0 Å². The lowest BCUT2D eigenvalue weighted by Gasteiger charge is -2.33. The van der Waals surface area contributed by atoms with Crippen LogP contribution < -0.4 is 4.74 Å². The van der Waals surface area contributed by atoms with Gasteiger partial charge in [-0.15, -0.1) is 11.3 Å². The second-order valence-electron chi connectivity index (χ2n) is 5.55. The molecule has 0 spiro atoms. The minimum absolute atomic E-state index is 0.306. The average Bonchev–Trinajstić information content (AvgIpc) is 3.05. The van der Waals surface area contributed by atoms with Crippen LogP contribution in [0.2, 0.25) is 0 Å². The molecule has 3 rings (SSSR count). The molecule has 0 atom stereocenters. The summed E-state index contributed by atoms with van der Waals surface area (Å²) in [5, 5.41) is 3.11. The van der Waals surface area contributed by atoms with Crippen molar-refractivity contribution < 1.29 is 14.2 Å². The minimum atomic E-state index is -0.306. The molecule has 0 saturated carbocycles. The van der Waals surface area contributed by atoms with Gasteiger partial charge in [0.05, 0.1) is 12.8 Å². The number of hydrogen-bond donors (Lipinski definition) is 0. The van der Waals surface area contributed by atoms with Crippen molar-refractivity contribution in [3.8, 4) is 17.0 Å². The van der Waals surface area contributed by atoms with E-state index in [2.05, 4.69) is 24.4 Å². The van der Waals surface area contributed by atoms with Crippen molar-refractivity contribution in [3.63, 3.8) is 0 Å². The Morgan fingerprint density at radius 3 is 2.68 bits per heavy atom. The number of nitrogens with zero attached hydrogens (tertiary/aromatic N) is 1. The summed E-state index contributed by atoms with van der Waals surface area (Å²) in [7, 11) is 3.46. The minimum Gasteiger partial charge on any atom is -0.496 e. The van der Waals surface area contributed by atoms with Crippen LogP contribution in [0.5, 0.6) is 5.75 Å². The topological polar surface area (TPSA) is 40.6 Å². The number of thiazole rings is 1. The largest absolute Gasteiger partial charge is 0.496 e. The summed E-state index contributed by atoms with van der Waals surface area (Å²) in [5.41, 5.74) is 2.83. The summed E-state index contributed by atoms with van der Waals surface area (Å²) in [6.07, 6.45) is 1.70. The molecule has 1 aromatic carbocycles. The van der Waals surface area contributed by atoms with Crippen molar-refractivity contribution in [3.05, 3.63) is 34.2 Å². The molecule has 0 radical (unpaired) electrons. The van der Waals surface area contributed by atoms with Gasteiger partial charge in [-0.1, -0.05) is 6.07 Å². The monoisotopic (exact) mass is 319 g/mol. The third-order valence-corrected chi connectivity index (χ3v) is 5.25. The highest BCUT2D eigenvalue weighted by Crippen LogP contribution is 2.40. The van der Waals surface area contributed by atoms with E-state index in [1.807, 2.05) is 6.07 Å². The van der Waals surface area contributed by atoms with Crippen LogP contribution in [-0.4, -0.2) is 32.4 Å². The quantitative estimate of drug-likeness (QED) is 0.860. The van der Waals surface area contributed by atoms with E-state index >= 15 is 0 Å². The number of ether oxygens (including phenoxy) is 3. The first-order valence-electron chi connectivity index (χ1n) is 7.42. The smallest absolute Gasteiger partial charge is 0.128 e. The van der Waals surface area contributed by atoms with Gasteiger partial charge in [-0.2, -0.15) is 0 Å². The third-order valence-electron chi connectivity index (χ3n) is 4.22. The number of aromatic nitrogens is 1. The molecule has 0 bridgehead atoms. The van der Waals surface area contributed by atoms with E-state index in [0.717, 1.165) is 48.1 Å². The Labute approximate surface area is 135 Å². The molecule has 1 aliphatic heterocycles. The Kier molecular flexibility index (Phi) is 4.47. The second-order valence-corrected chi connectivity index (χ2v) is 6.41. The molecule has 5 heteroatoms. The van der Waals surface area contributed by atoms with E-state index < -0.39 is 0 Å². The molecular formula is C17H21NO3S. The molecule has 0 N–H and O–H groups in total. The number of hydrogen-bond acceptors (Lipinski definition) is 5. The third kappa shape index (κ3) is 2.76. The van der Waals surface area contributed by atoms with Gasteiger partial charge in [0.15, 0.2) is 0 Å². The summed E-state index contributed by atoms with van der Waals surface area (Å²) >= 11 is 1.65. The summed E-state index contributed by atoms with van der Waals surface area (Å²) < 4.78 is 16.8. The Morgan fingerprint density at radius 1 is 1.23 bits per heavy atom. The van der Waals surface area contributed by atoms with Crippen LogP contribution in [0.25, 0.3) is 11.3 Å². The van der Waals surface area contributed by atoms with Gasteiger partial charge in [0.1, 0.15) is 16.4 Å². The highest BCUT2D eigenvalue weighted by atomic mass is 32.1. The normalized spacial score (nSPS) is 17.4. The molecule has 1 saturated heterocycles. The maximum Gasteiger partial charge on any atom is 0.128 e. The van der Waals surface area contributed by atoms with Crippen molar-refractivity contribution in [1.82, 2.24) is 4.98 Å². The SMILES string of the molecule is COc1cc(C)ccc1-c1csc(C2(OC)CCOCC2)n1. The molecule has 0 unspecified atom stereocenters. The predicted octanol–water partition coefficient (Wildman–Crippen LogP) is 3.78. The highest BCUT2D eigenvalue weighted by Gasteiger charge is 2.37. The van der Waals surface area contributed by atoms with Crippen LogP contribution in [0.15, 0.2) is 23.6 Å². The van der Waals surface area contributed by atoms with Crippen molar-refractivity contribution in [1.29, 1.82) is 0 Å². The first kappa shape index (κ1) is 15.5. The zero-order chi connectivity index (χ0) is 15.6. The lowest BCUT2D eigenvalue weighted by atomic mass is 9.95. The maximum atomic E-state index is 5.83. The number of aryl methyl sites for hydroxylation is 1. The van der Waals surface area contributed by atoms with E-state index in [1.165, 1.54) is 5.56 Å². The van der Waals surface area contributed by atoms with E-state index in [9.17, 15) is 0 Å². The Hall–Kier alpha value is -1.43. The molecule has 1 aliphatic rings. The zero-order valence-corrected chi connectivity index (χ0v) is 14.0. The molecule has 0 aliphatic carbocycles. The van der Waals surface area contributed by atoms with E-state index in [0.29, 0.717) is 0 Å². The van der Waals surface area contributed by atoms with Gasteiger partial charge in [0.25, 0.3) is 0 Å². The molecule has 22 heavy (non-hydrogen) atoms. The van der Waals surface area contributed by atoms with E-state index in [-0.39, 0.29) is 5.60 Å². The fraction of sp³-hybridized carbons (Fsp3) is 0.471. The standard InChI is InChI=1S/C17H21NO3S/c1-12-4-5-13(15(10-12)19-2)14-11-22-16(18-14)17(20-3)6-8-21-9-7-17/h4-5,10-11H,6-9H2,1-3H3. The van der Waals surface area contributed by atoms with Crippen LogP contribution in [0.1, 0.15) is 23.4 Å². The van der Waals surface area contributed by atoms with Crippen LogP contribution in [0.3, 0.4) is 0 Å². The first-order chi connectivity index (χ1) is 10.7. The van der Waals surface area contributed by atoms with Gasteiger partial charge in [-0.05, 0) is 24.6 Å². The summed E-state index contributed by atoms with van der Waals surface area (Å²) in [4.78, 5) is 4.84. The molecule has 4 nitrogen and oxygen atoms in total. The molecule has 1 aromatic heterocycles. The fourth-order valence-corrected chi connectivity index (χ4v) is 3.88. The van der Waals surface area contributed by atoms with Crippen molar-refractivity contribution in [2.24, 2.45) is 0 Å². The van der Waals surface area contributed by atoms with Crippen LogP contribution >= 0.6 is 11.3 Å². The fourth-order valence-electron chi connectivity index (χ4n) is 2.82. The van der Waals surface area contributed by atoms with Gasteiger partial charge < -0.3 is 14.2 Å². The predicted molar refractivity (Wildman–Crippen MR) is 87.6 cm³/mol. The molecule has 0 amide bonds. The molecule has 2 heterocycles. The van der Waals surface area contributed by atoms with Crippen molar-refractivity contribution in [2.75, 3.05) is 27.4 Å². The highest BCUT2D eigenvalue weighted by molar-refractivity contribution is 7.10. The van der Waals surface area contributed by atoms with Gasteiger partial charge in [0, 0.05) is 44.1 Å². The maximum absolute atomic E-state index is 5.83. The van der Waals surface area contributed by atoms with Gasteiger partial charge in [-0.25, -0.2) is 4.98 Å². The van der Waals surface area contributed by atoms with Crippen molar-refractivity contribution >= 4 is 11.3 Å². The molecule has 2 aromatic rings. The van der Waals surface area contributed by atoms with E-state index in [4.69, 9.17) is 19.2 Å². The summed E-state index contributed by atoms with van der Waals surface area (Å²) in [5.74, 6) is 0.857. The second kappa shape index (κ2) is 6.36. The number of benzene rings is 1. The van der Waals surface area contributed by atoms with Crippen LogP contribution in [-0.2, 0) is 15.1 Å². The van der Waals surface area contributed by atoms with Gasteiger partial charge in [-0.3, -0.25) is 0 Å². The Bertz CT molecular complexity index is 647. The van der Waals surface area contributed by atoms with Gasteiger partial charge >= 0.3 is 0 Å². The number of methoxy groups -OCH3 is 2. The van der Waals surface area contributed by atoms with Crippen molar-refractivity contribution in [2.45, 2.75) is 25.4 Å². The summed E-state index contributed by atoms with van der Waals surface area (Å²) in [6, 6.07) is 6.18. The average molecular weight is 319 g/mol. The lowest BCUT2D eigenvalue weighted by Crippen LogP contribution is -2.35. The van der Waals surface area contributed by atoms with Gasteiger partial charge in [0.2, 0.25) is 0 Å². The number of rotatable bonds is 4. The first-order valence-corrected chi connectivity index (χ1v) is 8.30. The Balaban J connectivity index is 1.97. The lowest BCUT2D eigenvalue weighted by molar-refractivity contribution is -0.0947. The molecule has 118 valence electrons.